The zero-order valence-electron chi connectivity index (χ0n) is 10.4. The van der Waals surface area contributed by atoms with Gasteiger partial charge in [-0.05, 0) is 24.8 Å². The first kappa shape index (κ1) is 13.7. The fraction of sp³-hybridized carbons (Fsp3) is 0.500. The molecule has 0 aromatic heterocycles. The van der Waals surface area contributed by atoms with Crippen molar-refractivity contribution in [3.63, 3.8) is 0 Å². The van der Waals surface area contributed by atoms with Gasteiger partial charge in [0, 0.05) is 6.92 Å². The number of carbonyl (C=O) groups is 1. The predicted molar refractivity (Wildman–Crippen MR) is 69.7 cm³/mol. The third kappa shape index (κ3) is 4.57. The molecule has 0 aliphatic heterocycles. The summed E-state index contributed by atoms with van der Waals surface area (Å²) in [5.74, 6) is 0.0103. The summed E-state index contributed by atoms with van der Waals surface area (Å²) in [5.41, 5.74) is 1.01. The van der Waals surface area contributed by atoms with E-state index in [9.17, 15) is 4.79 Å². The van der Waals surface area contributed by atoms with Gasteiger partial charge in [-0.2, -0.15) is 0 Å². The fourth-order valence-corrected chi connectivity index (χ4v) is 2.08. The van der Waals surface area contributed by atoms with Crippen molar-refractivity contribution in [2.24, 2.45) is 0 Å². The van der Waals surface area contributed by atoms with E-state index >= 15 is 0 Å². The lowest BCUT2D eigenvalue weighted by molar-refractivity contribution is -0.120. The summed E-state index contributed by atoms with van der Waals surface area (Å²) in [6.45, 7) is 9.44. The predicted octanol–water partition coefficient (Wildman–Crippen LogP) is 2.36. The van der Waals surface area contributed by atoms with Crippen LogP contribution in [0.25, 0.3) is 0 Å². The topological polar surface area (TPSA) is 38.3 Å². The molecule has 3 nitrogen and oxygen atoms in total. The summed E-state index contributed by atoms with van der Waals surface area (Å²) >= 11 is 0. The van der Waals surface area contributed by atoms with E-state index in [1.165, 1.54) is 0 Å². The highest BCUT2D eigenvalue weighted by atomic mass is 16.5. The summed E-state index contributed by atoms with van der Waals surface area (Å²) in [5, 5.41) is 2.94. The molecule has 0 aromatic carbocycles. The van der Waals surface area contributed by atoms with E-state index in [1.807, 2.05) is 6.08 Å². The Balaban J connectivity index is 2.44. The first-order valence-corrected chi connectivity index (χ1v) is 6.00. The number of hydrogen-bond acceptors (Lipinski definition) is 2. The van der Waals surface area contributed by atoms with Crippen LogP contribution in [0.1, 0.15) is 26.2 Å². The molecule has 0 bridgehead atoms. The van der Waals surface area contributed by atoms with Gasteiger partial charge in [0.25, 0.3) is 0 Å². The van der Waals surface area contributed by atoms with Gasteiger partial charge in [-0.3, -0.25) is 4.79 Å². The minimum Gasteiger partial charge on any atom is -0.371 e. The molecule has 2 atom stereocenters. The molecule has 0 spiro atoms. The zero-order chi connectivity index (χ0) is 12.7. The highest BCUT2D eigenvalue weighted by Gasteiger charge is 2.28. The van der Waals surface area contributed by atoms with E-state index in [-0.39, 0.29) is 18.1 Å². The number of nitrogens with one attached hydrogen (secondary N) is 1. The molecule has 1 aliphatic carbocycles. The molecule has 3 heteroatoms. The Morgan fingerprint density at radius 3 is 2.82 bits per heavy atom. The van der Waals surface area contributed by atoms with Crippen molar-refractivity contribution < 1.29 is 9.53 Å². The van der Waals surface area contributed by atoms with E-state index in [0.717, 1.165) is 24.8 Å². The second-order valence-electron chi connectivity index (χ2n) is 4.27. The van der Waals surface area contributed by atoms with Crippen LogP contribution in [-0.2, 0) is 9.53 Å². The highest BCUT2D eigenvalue weighted by Crippen LogP contribution is 2.22. The Labute approximate surface area is 103 Å². The summed E-state index contributed by atoms with van der Waals surface area (Å²) in [6, 6.07) is 0.155. The maximum absolute atomic E-state index is 11.0. The number of hydrogen-bond donors (Lipinski definition) is 1. The second-order valence-corrected chi connectivity index (χ2v) is 4.27. The lowest BCUT2D eigenvalue weighted by atomic mass is 10.2. The summed E-state index contributed by atoms with van der Waals surface area (Å²) in [7, 11) is 0. The molecule has 1 saturated carbocycles. The van der Waals surface area contributed by atoms with Crippen LogP contribution in [0.4, 0.5) is 0 Å². The average molecular weight is 235 g/mol. The van der Waals surface area contributed by atoms with Gasteiger partial charge >= 0.3 is 0 Å². The normalized spacial score (nSPS) is 24.4. The van der Waals surface area contributed by atoms with Gasteiger partial charge in [-0.15, -0.1) is 0 Å². The Kier molecular flexibility index (Phi) is 5.70. The van der Waals surface area contributed by atoms with Gasteiger partial charge in [0.05, 0.1) is 18.8 Å². The average Bonchev–Trinajstić information content (AvgIpc) is 2.71. The Hall–Kier alpha value is -1.35. The van der Waals surface area contributed by atoms with Gasteiger partial charge in [0.1, 0.15) is 0 Å². The van der Waals surface area contributed by atoms with E-state index in [2.05, 4.69) is 18.5 Å². The molecular formula is C14H21NO2. The molecule has 17 heavy (non-hydrogen) atoms. The van der Waals surface area contributed by atoms with Crippen molar-refractivity contribution in [1.29, 1.82) is 0 Å². The van der Waals surface area contributed by atoms with Crippen LogP contribution in [0.5, 0.6) is 0 Å². The Morgan fingerprint density at radius 2 is 2.24 bits per heavy atom. The standard InChI is InChI=1S/C14H21NO2/c1-4-7-12(5-2)10-17-14-9-6-8-13(14)15-11(3)16/h4-5,7,13-14H,1-2,6,8-10H2,3H3,(H,15,16)/b12-7+. The van der Waals surface area contributed by atoms with E-state index in [1.54, 1.807) is 19.1 Å². The van der Waals surface area contributed by atoms with Gasteiger partial charge in [0.15, 0.2) is 0 Å². The number of ether oxygens (including phenoxy) is 1. The molecule has 1 aliphatic rings. The molecule has 1 amide bonds. The molecule has 2 unspecified atom stereocenters. The first-order valence-electron chi connectivity index (χ1n) is 6.00. The third-order valence-electron chi connectivity index (χ3n) is 2.90. The van der Waals surface area contributed by atoms with Crippen LogP contribution in [0.15, 0.2) is 37.0 Å². The molecule has 1 N–H and O–H groups in total. The quantitative estimate of drug-likeness (QED) is 0.718. The number of carbonyl (C=O) groups excluding carboxylic acids is 1. The molecule has 1 rings (SSSR count). The maximum Gasteiger partial charge on any atom is 0.217 e. The molecule has 94 valence electrons. The molecule has 0 aromatic rings. The fourth-order valence-electron chi connectivity index (χ4n) is 2.08. The van der Waals surface area contributed by atoms with Crippen LogP contribution in [0, 0.1) is 0 Å². The van der Waals surface area contributed by atoms with Gasteiger partial charge in [-0.1, -0.05) is 31.4 Å². The van der Waals surface area contributed by atoms with Crippen molar-refractivity contribution in [1.82, 2.24) is 5.32 Å². The van der Waals surface area contributed by atoms with Crippen LogP contribution in [0.3, 0.4) is 0 Å². The van der Waals surface area contributed by atoms with E-state index in [4.69, 9.17) is 4.74 Å². The van der Waals surface area contributed by atoms with E-state index in [0.29, 0.717) is 6.61 Å². The van der Waals surface area contributed by atoms with Crippen LogP contribution < -0.4 is 5.32 Å². The molecular weight excluding hydrogens is 214 g/mol. The lowest BCUT2D eigenvalue weighted by Gasteiger charge is -2.21. The number of amides is 1. The molecule has 1 fully saturated rings. The largest absolute Gasteiger partial charge is 0.371 e. The minimum atomic E-state index is 0.0103. The second kappa shape index (κ2) is 7.07. The number of allylic oxidation sites excluding steroid dienone is 2. The molecule has 0 radical (unpaired) electrons. The van der Waals surface area contributed by atoms with Crippen LogP contribution in [-0.4, -0.2) is 24.7 Å². The summed E-state index contributed by atoms with van der Waals surface area (Å²) < 4.78 is 5.82. The van der Waals surface area contributed by atoms with Crippen molar-refractivity contribution in [3.05, 3.63) is 37.0 Å². The summed E-state index contributed by atoms with van der Waals surface area (Å²) in [6.07, 6.45) is 8.60. The van der Waals surface area contributed by atoms with Crippen LogP contribution in [0.2, 0.25) is 0 Å². The van der Waals surface area contributed by atoms with Crippen molar-refractivity contribution in [2.45, 2.75) is 38.3 Å². The van der Waals surface area contributed by atoms with Crippen molar-refractivity contribution >= 4 is 5.91 Å². The number of rotatable bonds is 6. The SMILES string of the molecule is C=C/C=C(\C=C)COC1CCCC1NC(C)=O. The van der Waals surface area contributed by atoms with E-state index < -0.39 is 0 Å². The smallest absolute Gasteiger partial charge is 0.217 e. The molecule has 0 heterocycles. The molecule has 0 saturated heterocycles. The third-order valence-corrected chi connectivity index (χ3v) is 2.90. The Morgan fingerprint density at radius 1 is 1.47 bits per heavy atom. The Bertz CT molecular complexity index is 320. The van der Waals surface area contributed by atoms with Gasteiger partial charge < -0.3 is 10.1 Å². The van der Waals surface area contributed by atoms with Crippen LogP contribution >= 0.6 is 0 Å². The summed E-state index contributed by atoms with van der Waals surface area (Å²) in [4.78, 5) is 11.0. The van der Waals surface area contributed by atoms with Gasteiger partial charge in [-0.25, -0.2) is 0 Å². The monoisotopic (exact) mass is 235 g/mol. The minimum absolute atomic E-state index is 0.0103. The van der Waals surface area contributed by atoms with Gasteiger partial charge in [0.2, 0.25) is 5.91 Å². The highest BCUT2D eigenvalue weighted by molar-refractivity contribution is 5.73. The maximum atomic E-state index is 11.0. The van der Waals surface area contributed by atoms with Crippen molar-refractivity contribution in [2.75, 3.05) is 6.61 Å². The first-order chi connectivity index (χ1) is 8.17. The van der Waals surface area contributed by atoms with Crippen molar-refractivity contribution in [3.8, 4) is 0 Å². The lowest BCUT2D eigenvalue weighted by Crippen LogP contribution is -2.40. The zero-order valence-corrected chi connectivity index (χ0v) is 10.4.